The van der Waals surface area contributed by atoms with Crippen LogP contribution in [0.5, 0.6) is 11.5 Å². The summed E-state index contributed by atoms with van der Waals surface area (Å²) >= 11 is 0. The molecule has 0 bridgehead atoms. The summed E-state index contributed by atoms with van der Waals surface area (Å²) < 4.78 is 25.3. The van der Waals surface area contributed by atoms with Crippen LogP contribution in [0.3, 0.4) is 0 Å². The first-order valence-electron chi connectivity index (χ1n) is 12.5. The third-order valence-corrected chi connectivity index (χ3v) is 6.54. The van der Waals surface area contributed by atoms with E-state index in [9.17, 15) is 9.18 Å². The molecule has 1 fully saturated rings. The highest BCUT2D eigenvalue weighted by atomic mass is 19.1. The number of carbonyl (C=O) groups is 1. The predicted molar refractivity (Wildman–Crippen MR) is 134 cm³/mol. The van der Waals surface area contributed by atoms with E-state index in [0.29, 0.717) is 55.7 Å². The Bertz CT molecular complexity index is 1030. The summed E-state index contributed by atoms with van der Waals surface area (Å²) in [6.45, 7) is 5.39. The third kappa shape index (κ3) is 6.86. The Hall–Kier alpha value is -2.84. The van der Waals surface area contributed by atoms with Gasteiger partial charge in [0.25, 0.3) is 5.91 Å². The number of amides is 1. The van der Waals surface area contributed by atoms with Crippen molar-refractivity contribution < 1.29 is 23.8 Å². The Labute approximate surface area is 206 Å². The maximum absolute atomic E-state index is 13.6. The van der Waals surface area contributed by atoms with E-state index in [-0.39, 0.29) is 18.5 Å². The van der Waals surface area contributed by atoms with Crippen LogP contribution >= 0.6 is 0 Å². The van der Waals surface area contributed by atoms with Crippen molar-refractivity contribution in [2.45, 2.75) is 45.1 Å². The fourth-order valence-electron chi connectivity index (χ4n) is 4.58. The van der Waals surface area contributed by atoms with Crippen LogP contribution in [0.2, 0.25) is 0 Å². The summed E-state index contributed by atoms with van der Waals surface area (Å²) in [7, 11) is 0. The number of nitrogens with one attached hydrogen (secondary N) is 1. The van der Waals surface area contributed by atoms with Gasteiger partial charge in [-0.05, 0) is 74.3 Å². The van der Waals surface area contributed by atoms with E-state index < -0.39 is 5.91 Å². The molecule has 4 N–H and O–H groups in total. The number of anilines is 1. The Kier molecular flexibility index (Phi) is 8.46. The number of aliphatic hydroxyl groups is 1. The Morgan fingerprint density at radius 3 is 2.83 bits per heavy atom. The normalized spacial score (nSPS) is 15.7. The molecule has 0 unspecified atom stereocenters. The second kappa shape index (κ2) is 11.7. The molecule has 1 aliphatic heterocycles. The number of hydrogen-bond donors (Lipinski definition) is 3. The van der Waals surface area contributed by atoms with Crippen LogP contribution in [0.15, 0.2) is 30.3 Å². The summed E-state index contributed by atoms with van der Waals surface area (Å²) in [5, 5.41) is 12.6. The average molecular weight is 486 g/mol. The van der Waals surface area contributed by atoms with E-state index in [1.165, 1.54) is 25.0 Å². The van der Waals surface area contributed by atoms with Crippen molar-refractivity contribution in [2.24, 2.45) is 11.7 Å². The molecule has 2 aromatic carbocycles. The smallest absolute Gasteiger partial charge is 0.250 e. The number of fused-ring (bicyclic) bond motifs is 1. The second-order valence-electron chi connectivity index (χ2n) is 9.58. The second-order valence-corrected chi connectivity index (χ2v) is 9.58. The number of primary amides is 1. The molecule has 35 heavy (non-hydrogen) atoms. The summed E-state index contributed by atoms with van der Waals surface area (Å²) in [4.78, 5) is 14.3. The minimum absolute atomic E-state index is 0.124. The molecular weight excluding hydrogens is 449 g/mol. The van der Waals surface area contributed by atoms with Crippen LogP contribution in [0.25, 0.3) is 0 Å². The van der Waals surface area contributed by atoms with Crippen molar-refractivity contribution in [3.05, 3.63) is 52.8 Å². The molecule has 0 spiro atoms. The largest absolute Gasteiger partial charge is 0.489 e. The minimum Gasteiger partial charge on any atom is -0.489 e. The average Bonchev–Trinajstić information content (AvgIpc) is 3.58. The van der Waals surface area contributed by atoms with Gasteiger partial charge in [0.05, 0.1) is 17.9 Å². The molecule has 8 heteroatoms. The van der Waals surface area contributed by atoms with Gasteiger partial charge in [-0.3, -0.25) is 4.79 Å². The van der Waals surface area contributed by atoms with Gasteiger partial charge < -0.3 is 30.5 Å². The van der Waals surface area contributed by atoms with Gasteiger partial charge in [-0.1, -0.05) is 6.07 Å². The number of rotatable bonds is 14. The Balaban J connectivity index is 1.29. The van der Waals surface area contributed by atoms with Gasteiger partial charge in [0.15, 0.2) is 11.5 Å². The highest BCUT2D eigenvalue weighted by molar-refractivity contribution is 6.00. The van der Waals surface area contributed by atoms with Crippen LogP contribution in [-0.2, 0) is 12.8 Å². The lowest BCUT2D eigenvalue weighted by Gasteiger charge is -2.22. The molecule has 1 aliphatic carbocycles. The summed E-state index contributed by atoms with van der Waals surface area (Å²) in [5.41, 5.74) is 9.39. The zero-order valence-electron chi connectivity index (χ0n) is 20.4. The van der Waals surface area contributed by atoms with E-state index >= 15 is 0 Å². The molecule has 1 heterocycles. The lowest BCUT2D eigenvalue weighted by Crippen LogP contribution is -2.32. The molecule has 1 saturated carbocycles. The van der Waals surface area contributed by atoms with Crippen molar-refractivity contribution in [3.63, 3.8) is 0 Å². The molecule has 1 amide bonds. The van der Waals surface area contributed by atoms with Crippen molar-refractivity contribution >= 4 is 11.6 Å². The first kappa shape index (κ1) is 25.3. The van der Waals surface area contributed by atoms with Gasteiger partial charge in [0.1, 0.15) is 12.4 Å². The molecule has 7 nitrogen and oxygen atoms in total. The highest BCUT2D eigenvalue weighted by Crippen LogP contribution is 2.34. The van der Waals surface area contributed by atoms with E-state index in [2.05, 4.69) is 23.2 Å². The summed E-state index contributed by atoms with van der Waals surface area (Å²) in [5.74, 6) is 0.821. The molecule has 0 saturated heterocycles. The number of benzene rings is 2. The van der Waals surface area contributed by atoms with Crippen molar-refractivity contribution in [3.8, 4) is 11.5 Å². The number of halogens is 1. The topological polar surface area (TPSA) is 97.1 Å². The van der Waals surface area contributed by atoms with Crippen molar-refractivity contribution in [1.29, 1.82) is 0 Å². The first-order chi connectivity index (χ1) is 16.9. The van der Waals surface area contributed by atoms with E-state index in [1.807, 2.05) is 6.07 Å². The molecular formula is C27H36FN3O4. The van der Waals surface area contributed by atoms with Gasteiger partial charge in [0, 0.05) is 38.3 Å². The van der Waals surface area contributed by atoms with Gasteiger partial charge >= 0.3 is 0 Å². The number of aliphatic hydroxyl groups excluding tert-OH is 1. The number of nitrogens with zero attached hydrogens (tertiary/aromatic N) is 1. The lowest BCUT2D eigenvalue weighted by molar-refractivity contribution is 0.100. The molecule has 4 rings (SSSR count). The number of nitrogens with two attached hydrogens (primary N) is 1. The third-order valence-electron chi connectivity index (χ3n) is 6.54. The first-order valence-corrected chi connectivity index (χ1v) is 12.5. The van der Waals surface area contributed by atoms with Crippen LogP contribution < -0.4 is 25.4 Å². The minimum atomic E-state index is -0.424. The molecule has 2 aliphatic rings. The van der Waals surface area contributed by atoms with E-state index in [0.717, 1.165) is 36.2 Å². The molecule has 0 radical (unpaired) electrons. The van der Waals surface area contributed by atoms with E-state index in [1.54, 1.807) is 6.07 Å². The fourth-order valence-corrected chi connectivity index (χ4v) is 4.58. The van der Waals surface area contributed by atoms with Gasteiger partial charge in [-0.25, -0.2) is 4.39 Å². The number of hydrogen-bond acceptors (Lipinski definition) is 6. The molecule has 0 aromatic heterocycles. The standard InChI is InChI=1S/C27H36FN3O4/c1-18(30-8-12-34-24-6-5-22(28)16-25(24)35-17-19-3-4-19)13-20-14-21-7-10-31(9-2-11-32)26(21)23(15-20)27(29)33/h5-6,14-16,18-19,30,32H,2-4,7-13,17H2,1H3,(H2,29,33)/t18-/m1/s1. The monoisotopic (exact) mass is 485 g/mol. The fraction of sp³-hybridized carbons (Fsp3) is 0.519. The Morgan fingerprint density at radius 2 is 2.09 bits per heavy atom. The van der Waals surface area contributed by atoms with Crippen LogP contribution in [0.1, 0.15) is 47.7 Å². The predicted octanol–water partition coefficient (Wildman–Crippen LogP) is 3.06. The lowest BCUT2D eigenvalue weighted by atomic mass is 9.98. The Morgan fingerprint density at radius 1 is 1.26 bits per heavy atom. The SMILES string of the molecule is C[C@H](Cc1cc2c(c(C(N)=O)c1)N(CCCO)CC2)NCCOc1ccc(F)cc1OCC1CC1. The van der Waals surface area contributed by atoms with Crippen LogP contribution in [0.4, 0.5) is 10.1 Å². The van der Waals surface area contributed by atoms with E-state index in [4.69, 9.17) is 20.3 Å². The maximum Gasteiger partial charge on any atom is 0.250 e. The van der Waals surface area contributed by atoms with Gasteiger partial charge in [0.2, 0.25) is 0 Å². The quantitative estimate of drug-likeness (QED) is 0.356. The molecule has 2 aromatic rings. The molecule has 190 valence electrons. The van der Waals surface area contributed by atoms with Crippen molar-refractivity contribution in [1.82, 2.24) is 5.32 Å². The van der Waals surface area contributed by atoms with Crippen molar-refractivity contribution in [2.75, 3.05) is 44.4 Å². The van der Waals surface area contributed by atoms with Gasteiger partial charge in [-0.2, -0.15) is 0 Å². The summed E-state index contributed by atoms with van der Waals surface area (Å²) in [6, 6.07) is 8.59. The molecule has 1 atom stereocenters. The van der Waals surface area contributed by atoms with Gasteiger partial charge in [-0.15, -0.1) is 0 Å². The maximum atomic E-state index is 13.6. The number of carbonyl (C=O) groups excluding carboxylic acids is 1. The van der Waals surface area contributed by atoms with Crippen LogP contribution in [-0.4, -0.2) is 56.5 Å². The van der Waals surface area contributed by atoms with Crippen LogP contribution in [0, 0.1) is 11.7 Å². The highest BCUT2D eigenvalue weighted by Gasteiger charge is 2.25. The number of ether oxygens (including phenoxy) is 2. The summed E-state index contributed by atoms with van der Waals surface area (Å²) in [6.07, 6.45) is 4.61. The zero-order valence-corrected chi connectivity index (χ0v) is 20.4. The zero-order chi connectivity index (χ0) is 24.8.